The molecule has 9 heavy (non-hydrogen) atoms. The molecule has 0 unspecified atom stereocenters. The standard InChI is InChI=1S/C5H4NO2S/c1-8-5(7)4-2-6-3-9-4/h2H,1H3. The third-order valence-corrected chi connectivity index (χ3v) is 1.47. The number of thiazole rings is 1. The van der Waals surface area contributed by atoms with E-state index in [1.807, 2.05) is 0 Å². The second kappa shape index (κ2) is 2.59. The summed E-state index contributed by atoms with van der Waals surface area (Å²) in [4.78, 5) is 14.7. The molecule has 0 aromatic carbocycles. The van der Waals surface area contributed by atoms with Crippen LogP contribution in [0.1, 0.15) is 9.67 Å². The number of nitrogens with zero attached hydrogens (tertiary/aromatic N) is 1. The Bertz CT molecular complexity index is 195. The Labute approximate surface area is 56.3 Å². The van der Waals surface area contributed by atoms with Gasteiger partial charge >= 0.3 is 5.97 Å². The molecule has 0 saturated carbocycles. The number of hydrogen-bond acceptors (Lipinski definition) is 4. The Morgan fingerprint density at radius 2 is 2.78 bits per heavy atom. The van der Waals surface area contributed by atoms with E-state index in [2.05, 4.69) is 15.2 Å². The van der Waals surface area contributed by atoms with Gasteiger partial charge in [0, 0.05) is 0 Å². The average Bonchev–Trinajstić information content (AvgIpc) is 2.37. The van der Waals surface area contributed by atoms with E-state index in [9.17, 15) is 4.79 Å². The molecule has 47 valence electrons. The van der Waals surface area contributed by atoms with E-state index in [0.717, 1.165) is 11.3 Å². The molecule has 0 aliphatic carbocycles. The van der Waals surface area contributed by atoms with Crippen LogP contribution in [0.3, 0.4) is 0 Å². The van der Waals surface area contributed by atoms with Gasteiger partial charge in [0.25, 0.3) is 0 Å². The average molecular weight is 142 g/mol. The Morgan fingerprint density at radius 3 is 3.22 bits per heavy atom. The van der Waals surface area contributed by atoms with E-state index < -0.39 is 0 Å². The second-order valence-corrected chi connectivity index (χ2v) is 2.13. The maximum Gasteiger partial charge on any atom is 0.349 e. The van der Waals surface area contributed by atoms with Gasteiger partial charge in [-0.15, -0.1) is 11.3 Å². The summed E-state index contributed by atoms with van der Waals surface area (Å²) in [6.07, 6.45) is 1.43. The molecule has 0 N–H and O–H groups in total. The zero-order valence-electron chi connectivity index (χ0n) is 4.75. The Balaban J connectivity index is 2.77. The minimum atomic E-state index is -0.353. The number of rotatable bonds is 1. The van der Waals surface area contributed by atoms with Crippen LogP contribution in [0.5, 0.6) is 0 Å². The van der Waals surface area contributed by atoms with Crippen molar-refractivity contribution < 1.29 is 9.53 Å². The molecule has 0 aliphatic heterocycles. The molecule has 3 nitrogen and oxygen atoms in total. The number of ether oxygens (including phenoxy) is 1. The number of aromatic nitrogens is 1. The van der Waals surface area contributed by atoms with Gasteiger partial charge in [0.15, 0.2) is 5.51 Å². The molecule has 0 fully saturated rings. The van der Waals surface area contributed by atoms with E-state index in [0.29, 0.717) is 4.88 Å². The SMILES string of the molecule is COC(=O)c1cn[c]s1. The first kappa shape index (κ1) is 6.22. The van der Waals surface area contributed by atoms with Crippen LogP contribution in [0.25, 0.3) is 0 Å². The van der Waals surface area contributed by atoms with Crippen LogP contribution in [-0.2, 0) is 4.74 Å². The fourth-order valence-electron chi connectivity index (χ4n) is 0.382. The minimum Gasteiger partial charge on any atom is -0.465 e. The van der Waals surface area contributed by atoms with Crippen molar-refractivity contribution in [1.29, 1.82) is 0 Å². The topological polar surface area (TPSA) is 39.2 Å². The van der Waals surface area contributed by atoms with Gasteiger partial charge in [-0.1, -0.05) is 0 Å². The summed E-state index contributed by atoms with van der Waals surface area (Å²) < 4.78 is 4.41. The van der Waals surface area contributed by atoms with Crippen molar-refractivity contribution in [2.45, 2.75) is 0 Å². The van der Waals surface area contributed by atoms with Gasteiger partial charge < -0.3 is 4.74 Å². The van der Waals surface area contributed by atoms with Crippen molar-refractivity contribution in [1.82, 2.24) is 4.98 Å². The summed E-state index contributed by atoms with van der Waals surface area (Å²) >= 11 is 1.14. The lowest BCUT2D eigenvalue weighted by Gasteiger charge is -1.89. The van der Waals surface area contributed by atoms with Crippen LogP contribution in [0.15, 0.2) is 6.20 Å². The highest BCUT2D eigenvalue weighted by Crippen LogP contribution is 2.04. The van der Waals surface area contributed by atoms with E-state index in [1.165, 1.54) is 13.3 Å². The highest BCUT2D eigenvalue weighted by molar-refractivity contribution is 7.11. The smallest absolute Gasteiger partial charge is 0.349 e. The quantitative estimate of drug-likeness (QED) is 0.542. The van der Waals surface area contributed by atoms with Gasteiger partial charge in [0.2, 0.25) is 0 Å². The largest absolute Gasteiger partial charge is 0.465 e. The van der Waals surface area contributed by atoms with E-state index in [1.54, 1.807) is 0 Å². The fraction of sp³-hybridized carbons (Fsp3) is 0.200. The maximum absolute atomic E-state index is 10.6. The molecule has 1 heterocycles. The first-order valence-electron chi connectivity index (χ1n) is 2.25. The first-order valence-corrected chi connectivity index (χ1v) is 3.06. The summed E-state index contributed by atoms with van der Waals surface area (Å²) in [5.74, 6) is -0.353. The Hall–Kier alpha value is -0.900. The van der Waals surface area contributed by atoms with Crippen LogP contribution in [-0.4, -0.2) is 18.1 Å². The van der Waals surface area contributed by atoms with E-state index in [-0.39, 0.29) is 5.97 Å². The molecule has 0 atom stereocenters. The molecule has 1 rings (SSSR count). The van der Waals surface area contributed by atoms with Gasteiger partial charge in [0.05, 0.1) is 13.3 Å². The molecular formula is C5H4NO2S. The van der Waals surface area contributed by atoms with Gasteiger partial charge in [-0.05, 0) is 0 Å². The lowest BCUT2D eigenvalue weighted by atomic mass is 10.6. The number of hydrogen-bond donors (Lipinski definition) is 0. The monoisotopic (exact) mass is 142 g/mol. The summed E-state index contributed by atoms with van der Waals surface area (Å²) in [6.45, 7) is 0. The minimum absolute atomic E-state index is 0.353. The van der Waals surface area contributed by atoms with Crippen molar-refractivity contribution in [2.24, 2.45) is 0 Å². The lowest BCUT2D eigenvalue weighted by molar-refractivity contribution is 0.0606. The number of carbonyl (C=O) groups excluding carboxylic acids is 1. The molecule has 0 aliphatic rings. The molecule has 0 saturated heterocycles. The van der Waals surface area contributed by atoms with Crippen molar-refractivity contribution >= 4 is 17.3 Å². The molecule has 1 aromatic rings. The predicted molar refractivity (Wildman–Crippen MR) is 32.3 cm³/mol. The highest BCUT2D eigenvalue weighted by Gasteiger charge is 2.04. The summed E-state index contributed by atoms with van der Waals surface area (Å²) in [6, 6.07) is 0. The van der Waals surface area contributed by atoms with Crippen molar-refractivity contribution in [3.63, 3.8) is 0 Å². The third-order valence-electron chi connectivity index (χ3n) is 0.777. The fourth-order valence-corrected chi connectivity index (χ4v) is 0.858. The van der Waals surface area contributed by atoms with E-state index in [4.69, 9.17) is 0 Å². The number of esters is 1. The van der Waals surface area contributed by atoms with Gasteiger partial charge in [-0.2, -0.15) is 0 Å². The number of methoxy groups -OCH3 is 1. The van der Waals surface area contributed by atoms with Crippen molar-refractivity contribution in [2.75, 3.05) is 7.11 Å². The Kier molecular flexibility index (Phi) is 1.79. The number of carbonyl (C=O) groups is 1. The molecule has 0 amide bonds. The van der Waals surface area contributed by atoms with Crippen molar-refractivity contribution in [3.05, 3.63) is 16.6 Å². The zero-order chi connectivity index (χ0) is 6.69. The second-order valence-electron chi connectivity index (χ2n) is 1.31. The summed E-state index contributed by atoms with van der Waals surface area (Å²) in [5, 5.41) is 0. The van der Waals surface area contributed by atoms with Crippen LogP contribution < -0.4 is 0 Å². The first-order chi connectivity index (χ1) is 4.34. The predicted octanol–water partition coefficient (Wildman–Crippen LogP) is 0.730. The summed E-state index contributed by atoms with van der Waals surface area (Å²) in [5.41, 5.74) is 2.54. The van der Waals surface area contributed by atoms with Crippen LogP contribution in [0, 0.1) is 5.51 Å². The molecular weight excluding hydrogens is 138 g/mol. The molecule has 4 heteroatoms. The van der Waals surface area contributed by atoms with Gasteiger partial charge in [-0.25, -0.2) is 9.78 Å². The van der Waals surface area contributed by atoms with Crippen LogP contribution in [0.4, 0.5) is 0 Å². The maximum atomic E-state index is 10.6. The van der Waals surface area contributed by atoms with Gasteiger partial charge in [-0.3, -0.25) is 0 Å². The van der Waals surface area contributed by atoms with Crippen LogP contribution >= 0.6 is 11.3 Å². The zero-order valence-corrected chi connectivity index (χ0v) is 5.57. The lowest BCUT2D eigenvalue weighted by Crippen LogP contribution is -1.96. The molecule has 1 aromatic heterocycles. The molecule has 0 spiro atoms. The van der Waals surface area contributed by atoms with Crippen molar-refractivity contribution in [3.8, 4) is 0 Å². The normalized spacial score (nSPS) is 9.00. The third kappa shape index (κ3) is 1.26. The van der Waals surface area contributed by atoms with Crippen LogP contribution in [0.2, 0.25) is 0 Å². The highest BCUT2D eigenvalue weighted by atomic mass is 32.1. The summed E-state index contributed by atoms with van der Waals surface area (Å²) in [7, 11) is 1.34. The van der Waals surface area contributed by atoms with E-state index >= 15 is 0 Å². The molecule has 0 bridgehead atoms. The molecule has 1 radical (unpaired) electrons. The van der Waals surface area contributed by atoms with Gasteiger partial charge in [0.1, 0.15) is 4.88 Å². The Morgan fingerprint density at radius 1 is 2.00 bits per heavy atom.